The fourth-order valence-electron chi connectivity index (χ4n) is 3.80. The molecule has 0 bridgehead atoms. The van der Waals surface area contributed by atoms with Crippen LogP contribution in [0.4, 0.5) is 4.39 Å². The van der Waals surface area contributed by atoms with Gasteiger partial charge in [-0.2, -0.15) is 0 Å². The van der Waals surface area contributed by atoms with Gasteiger partial charge in [0.25, 0.3) is 5.91 Å². The van der Waals surface area contributed by atoms with Crippen molar-refractivity contribution in [2.24, 2.45) is 5.92 Å². The van der Waals surface area contributed by atoms with Crippen molar-refractivity contribution in [3.8, 4) is 5.75 Å². The standard InChI is InChI=1S/C23H25FN2O4/c1-25(2)13-4-14-26-20(15-7-11-18(30-3)12-8-15)19(22(28)23(26)29)21(27)16-5-9-17(24)10-6-16/h5-12,19-20H,4,13-14H2,1-3H3/p+1. The molecule has 0 aliphatic carbocycles. The molecule has 1 aliphatic heterocycles. The first-order chi connectivity index (χ1) is 14.3. The Kier molecular flexibility index (Phi) is 6.62. The molecular formula is C23H26FN2O4+. The number of Topliss-reactive ketones (excluding diaryl/α,β-unsaturated/α-hetero) is 2. The summed E-state index contributed by atoms with van der Waals surface area (Å²) in [5.41, 5.74) is 0.897. The van der Waals surface area contributed by atoms with E-state index in [1.807, 2.05) is 14.1 Å². The minimum absolute atomic E-state index is 0.209. The van der Waals surface area contributed by atoms with E-state index in [1.54, 1.807) is 31.4 Å². The normalized spacial score (nSPS) is 18.9. The first-order valence-corrected chi connectivity index (χ1v) is 9.91. The molecule has 0 spiro atoms. The van der Waals surface area contributed by atoms with Crippen LogP contribution in [-0.4, -0.2) is 56.7 Å². The molecule has 2 unspecified atom stereocenters. The SMILES string of the molecule is COc1ccc(C2C(C(=O)c3ccc(F)cc3)C(=O)C(=O)N2CCC[NH+](C)C)cc1. The molecule has 1 amide bonds. The van der Waals surface area contributed by atoms with Crippen molar-refractivity contribution in [1.82, 2.24) is 4.90 Å². The number of rotatable bonds is 8. The van der Waals surface area contributed by atoms with Gasteiger partial charge in [-0.15, -0.1) is 0 Å². The predicted octanol–water partition coefficient (Wildman–Crippen LogP) is 1.32. The smallest absolute Gasteiger partial charge is 0.291 e. The Morgan fingerprint density at radius 2 is 1.70 bits per heavy atom. The molecule has 158 valence electrons. The minimum atomic E-state index is -1.16. The van der Waals surface area contributed by atoms with Gasteiger partial charge in [0.1, 0.15) is 17.5 Å². The van der Waals surface area contributed by atoms with Crippen LogP contribution < -0.4 is 9.64 Å². The van der Waals surface area contributed by atoms with Gasteiger partial charge in [0.15, 0.2) is 5.78 Å². The number of ketones is 2. The van der Waals surface area contributed by atoms with Gasteiger partial charge >= 0.3 is 0 Å². The third-order valence-electron chi connectivity index (χ3n) is 5.35. The van der Waals surface area contributed by atoms with Crippen LogP contribution in [0.2, 0.25) is 0 Å². The lowest BCUT2D eigenvalue weighted by atomic mass is 9.86. The molecule has 2 atom stereocenters. The summed E-state index contributed by atoms with van der Waals surface area (Å²) in [5.74, 6) is -2.84. The third-order valence-corrected chi connectivity index (χ3v) is 5.35. The van der Waals surface area contributed by atoms with Gasteiger partial charge in [-0.25, -0.2) is 4.39 Å². The van der Waals surface area contributed by atoms with E-state index < -0.39 is 35.3 Å². The molecule has 2 aromatic carbocycles. The summed E-state index contributed by atoms with van der Waals surface area (Å²) < 4.78 is 18.5. The highest BCUT2D eigenvalue weighted by Gasteiger charge is 2.51. The monoisotopic (exact) mass is 413 g/mol. The zero-order chi connectivity index (χ0) is 21.8. The largest absolute Gasteiger partial charge is 0.497 e. The molecule has 1 fully saturated rings. The lowest BCUT2D eigenvalue weighted by molar-refractivity contribution is -0.858. The maximum absolute atomic E-state index is 13.3. The van der Waals surface area contributed by atoms with Crippen LogP contribution in [0, 0.1) is 11.7 Å². The first kappa shape index (κ1) is 21.6. The lowest BCUT2D eigenvalue weighted by Gasteiger charge is -2.27. The van der Waals surface area contributed by atoms with Crippen molar-refractivity contribution in [3.05, 3.63) is 65.5 Å². The number of nitrogens with zero attached hydrogens (tertiary/aromatic N) is 1. The van der Waals surface area contributed by atoms with Gasteiger partial charge in [-0.3, -0.25) is 14.4 Å². The average Bonchev–Trinajstić information content (AvgIpc) is 2.98. The second-order valence-electron chi connectivity index (χ2n) is 7.74. The summed E-state index contributed by atoms with van der Waals surface area (Å²) in [6.07, 6.45) is 0.700. The number of hydrogen-bond acceptors (Lipinski definition) is 4. The fraction of sp³-hybridized carbons (Fsp3) is 0.348. The first-order valence-electron chi connectivity index (χ1n) is 9.91. The lowest BCUT2D eigenvalue weighted by Crippen LogP contribution is -3.05. The van der Waals surface area contributed by atoms with Gasteiger partial charge in [0.05, 0.1) is 33.8 Å². The van der Waals surface area contributed by atoms with E-state index in [0.29, 0.717) is 24.3 Å². The number of hydrogen-bond donors (Lipinski definition) is 1. The molecule has 1 saturated heterocycles. The summed E-state index contributed by atoms with van der Waals surface area (Å²) in [6.45, 7) is 1.20. The van der Waals surface area contributed by atoms with Gasteiger partial charge in [0, 0.05) is 18.5 Å². The summed E-state index contributed by atoms with van der Waals surface area (Å²) in [7, 11) is 5.58. The van der Waals surface area contributed by atoms with Crippen molar-refractivity contribution >= 4 is 17.5 Å². The highest BCUT2D eigenvalue weighted by Crippen LogP contribution is 2.38. The highest BCUT2D eigenvalue weighted by atomic mass is 19.1. The Labute approximate surface area is 175 Å². The van der Waals surface area contributed by atoms with Gasteiger partial charge in [-0.05, 0) is 42.0 Å². The number of benzene rings is 2. The molecule has 3 rings (SSSR count). The number of ether oxygens (including phenoxy) is 1. The van der Waals surface area contributed by atoms with Gasteiger partial charge in [-0.1, -0.05) is 12.1 Å². The molecule has 6 nitrogen and oxygen atoms in total. The highest BCUT2D eigenvalue weighted by molar-refractivity contribution is 6.44. The third kappa shape index (κ3) is 4.41. The van der Waals surface area contributed by atoms with Crippen LogP contribution in [0.3, 0.4) is 0 Å². The van der Waals surface area contributed by atoms with E-state index in [-0.39, 0.29) is 5.56 Å². The van der Waals surface area contributed by atoms with E-state index >= 15 is 0 Å². The van der Waals surface area contributed by atoms with E-state index in [0.717, 1.165) is 6.54 Å². The molecule has 1 aliphatic rings. The van der Waals surface area contributed by atoms with Crippen LogP contribution in [0.1, 0.15) is 28.4 Å². The molecule has 1 N–H and O–H groups in total. The quantitative estimate of drug-likeness (QED) is 0.403. The maximum atomic E-state index is 13.3. The maximum Gasteiger partial charge on any atom is 0.291 e. The van der Waals surface area contributed by atoms with Crippen molar-refractivity contribution in [2.75, 3.05) is 34.3 Å². The number of carbonyl (C=O) groups excluding carboxylic acids is 3. The number of quaternary nitrogens is 1. The second-order valence-corrected chi connectivity index (χ2v) is 7.74. The minimum Gasteiger partial charge on any atom is -0.497 e. The molecule has 0 radical (unpaired) electrons. The Balaban J connectivity index is 1.98. The number of carbonyl (C=O) groups is 3. The van der Waals surface area contributed by atoms with Crippen LogP contribution in [-0.2, 0) is 9.59 Å². The molecule has 2 aromatic rings. The van der Waals surface area contributed by atoms with E-state index in [4.69, 9.17) is 4.74 Å². The van der Waals surface area contributed by atoms with E-state index in [1.165, 1.54) is 34.1 Å². The predicted molar refractivity (Wildman–Crippen MR) is 109 cm³/mol. The number of likely N-dealkylation sites (tertiary alicyclic amines) is 1. The average molecular weight is 413 g/mol. The van der Waals surface area contributed by atoms with Crippen molar-refractivity contribution in [2.45, 2.75) is 12.5 Å². The fourth-order valence-corrected chi connectivity index (χ4v) is 3.80. The summed E-state index contributed by atoms with van der Waals surface area (Å²) in [6, 6.07) is 11.4. The zero-order valence-corrected chi connectivity index (χ0v) is 17.4. The molecule has 0 aromatic heterocycles. The van der Waals surface area contributed by atoms with Crippen molar-refractivity contribution < 1.29 is 28.4 Å². The topological polar surface area (TPSA) is 68.1 Å². The summed E-state index contributed by atoms with van der Waals surface area (Å²) in [5, 5.41) is 0. The number of nitrogens with one attached hydrogen (secondary N) is 1. The Morgan fingerprint density at radius 3 is 2.27 bits per heavy atom. The van der Waals surface area contributed by atoms with Crippen LogP contribution >= 0.6 is 0 Å². The van der Waals surface area contributed by atoms with Crippen molar-refractivity contribution in [3.63, 3.8) is 0 Å². The number of amides is 1. The Hall–Kier alpha value is -3.06. The van der Waals surface area contributed by atoms with Crippen molar-refractivity contribution in [1.29, 1.82) is 0 Å². The Morgan fingerprint density at radius 1 is 1.07 bits per heavy atom. The Bertz CT molecular complexity index is 925. The molecule has 7 heteroatoms. The van der Waals surface area contributed by atoms with Crippen LogP contribution in [0.25, 0.3) is 0 Å². The summed E-state index contributed by atoms with van der Waals surface area (Å²) >= 11 is 0. The molecule has 30 heavy (non-hydrogen) atoms. The second kappa shape index (κ2) is 9.17. The molecule has 1 heterocycles. The van der Waals surface area contributed by atoms with E-state index in [2.05, 4.69) is 0 Å². The number of halogens is 1. The molecule has 0 saturated carbocycles. The van der Waals surface area contributed by atoms with Crippen LogP contribution in [0.5, 0.6) is 5.75 Å². The van der Waals surface area contributed by atoms with Gasteiger partial charge < -0.3 is 14.5 Å². The summed E-state index contributed by atoms with van der Waals surface area (Å²) in [4.78, 5) is 41.6. The van der Waals surface area contributed by atoms with Crippen LogP contribution in [0.15, 0.2) is 48.5 Å². The zero-order valence-electron chi connectivity index (χ0n) is 17.4. The molecular weight excluding hydrogens is 387 g/mol. The van der Waals surface area contributed by atoms with Gasteiger partial charge in [0.2, 0.25) is 5.78 Å². The number of methoxy groups -OCH3 is 1. The van der Waals surface area contributed by atoms with E-state index in [9.17, 15) is 18.8 Å².